The number of halogens is 1. The molecule has 3 rings (SSSR count). The van der Waals surface area contributed by atoms with Gasteiger partial charge < -0.3 is 10.1 Å². The Kier molecular flexibility index (Phi) is 3.90. The molecule has 0 bridgehead atoms. The number of nitrogens with one attached hydrogen (secondary N) is 1. The Balaban J connectivity index is 2.00. The third-order valence-electron chi connectivity index (χ3n) is 3.00. The first-order valence-corrected chi connectivity index (χ1v) is 7.91. The van der Waals surface area contributed by atoms with Crippen molar-refractivity contribution in [1.82, 2.24) is 9.97 Å². The lowest BCUT2D eigenvalue weighted by Gasteiger charge is -2.06. The maximum atomic E-state index is 12.2. The maximum absolute atomic E-state index is 12.2. The van der Waals surface area contributed by atoms with Crippen molar-refractivity contribution in [3.05, 3.63) is 67.3 Å². The minimum absolute atomic E-state index is 0.192. The number of nitrogens with zero attached hydrogens (tertiary/aromatic N) is 1. The molecule has 0 aliphatic carbocycles. The maximum Gasteiger partial charge on any atom is 0.262 e. The summed E-state index contributed by atoms with van der Waals surface area (Å²) in [5, 5.41) is 12.0. The van der Waals surface area contributed by atoms with Crippen LogP contribution in [0.2, 0.25) is 0 Å². The second kappa shape index (κ2) is 5.83. The van der Waals surface area contributed by atoms with Crippen molar-refractivity contribution >= 4 is 27.3 Å². The molecule has 0 unspecified atom stereocenters. The summed E-state index contributed by atoms with van der Waals surface area (Å²) in [6.45, 7) is 0. The number of H-pyrrole nitrogens is 1. The fourth-order valence-corrected chi connectivity index (χ4v) is 3.02. The molecule has 2 aromatic heterocycles. The highest BCUT2D eigenvalue weighted by Gasteiger charge is 2.13. The molecule has 0 radical (unpaired) electrons. The fourth-order valence-electron chi connectivity index (χ4n) is 2.05. The first kappa shape index (κ1) is 14.0. The minimum Gasteiger partial charge on any atom is -0.493 e. The highest BCUT2D eigenvalue weighted by atomic mass is 79.9. The van der Waals surface area contributed by atoms with Crippen molar-refractivity contribution in [3.63, 3.8) is 0 Å². The fraction of sp³-hybridized carbons (Fsp3) is 0.0667. The van der Waals surface area contributed by atoms with E-state index in [9.17, 15) is 9.90 Å². The van der Waals surface area contributed by atoms with Crippen molar-refractivity contribution in [2.45, 2.75) is 6.42 Å². The van der Waals surface area contributed by atoms with E-state index < -0.39 is 0 Å². The SMILES string of the molecule is O=c1[nH]c(Cc2cccs2)nc(O)c1-c1ccc(Br)cc1. The molecular formula is C15H11BrN2O2S. The van der Waals surface area contributed by atoms with Crippen molar-refractivity contribution in [2.24, 2.45) is 0 Å². The molecule has 0 aliphatic rings. The molecule has 21 heavy (non-hydrogen) atoms. The van der Waals surface area contributed by atoms with Gasteiger partial charge in [-0.25, -0.2) is 0 Å². The van der Waals surface area contributed by atoms with E-state index in [1.807, 2.05) is 29.6 Å². The van der Waals surface area contributed by atoms with Gasteiger partial charge in [-0.1, -0.05) is 34.1 Å². The molecule has 2 N–H and O–H groups in total. The quantitative estimate of drug-likeness (QED) is 0.748. The average Bonchev–Trinajstić information content (AvgIpc) is 2.93. The smallest absolute Gasteiger partial charge is 0.262 e. The molecule has 106 valence electrons. The Hall–Kier alpha value is -1.92. The molecule has 6 heteroatoms. The third kappa shape index (κ3) is 3.06. The van der Waals surface area contributed by atoms with E-state index in [4.69, 9.17) is 0 Å². The van der Waals surface area contributed by atoms with Crippen LogP contribution < -0.4 is 5.56 Å². The van der Waals surface area contributed by atoms with E-state index in [1.165, 1.54) is 0 Å². The monoisotopic (exact) mass is 362 g/mol. The van der Waals surface area contributed by atoms with Gasteiger partial charge >= 0.3 is 0 Å². The van der Waals surface area contributed by atoms with E-state index in [-0.39, 0.29) is 17.0 Å². The van der Waals surface area contributed by atoms with Gasteiger partial charge in [-0.15, -0.1) is 11.3 Å². The standard InChI is InChI=1S/C15H11BrN2O2S/c16-10-5-3-9(4-6-10)13-14(19)17-12(18-15(13)20)8-11-2-1-7-21-11/h1-7H,8H2,(H2,17,18,19,20). The van der Waals surface area contributed by atoms with Crippen LogP contribution in [0, 0.1) is 0 Å². The molecule has 0 atom stereocenters. The molecule has 0 aliphatic heterocycles. The summed E-state index contributed by atoms with van der Waals surface area (Å²) >= 11 is 4.92. The molecule has 0 saturated carbocycles. The van der Waals surface area contributed by atoms with E-state index in [0.29, 0.717) is 17.8 Å². The van der Waals surface area contributed by atoms with Gasteiger partial charge in [0.2, 0.25) is 5.88 Å². The molecule has 0 spiro atoms. The van der Waals surface area contributed by atoms with Gasteiger partial charge in [0.05, 0.1) is 0 Å². The first-order chi connectivity index (χ1) is 10.1. The predicted molar refractivity (Wildman–Crippen MR) is 86.8 cm³/mol. The predicted octanol–water partition coefficient (Wildman–Crippen LogP) is 3.56. The van der Waals surface area contributed by atoms with Crippen LogP contribution in [0.1, 0.15) is 10.7 Å². The van der Waals surface area contributed by atoms with E-state index >= 15 is 0 Å². The summed E-state index contributed by atoms with van der Waals surface area (Å²) in [7, 11) is 0. The van der Waals surface area contributed by atoms with Crippen LogP contribution in [0.25, 0.3) is 11.1 Å². The lowest BCUT2D eigenvalue weighted by Crippen LogP contribution is -2.14. The lowest BCUT2D eigenvalue weighted by molar-refractivity contribution is 0.450. The molecule has 0 saturated heterocycles. The molecule has 3 aromatic rings. The summed E-state index contributed by atoms with van der Waals surface area (Å²) in [6, 6.07) is 11.0. The summed E-state index contributed by atoms with van der Waals surface area (Å²) in [6.07, 6.45) is 0.501. The third-order valence-corrected chi connectivity index (χ3v) is 4.41. The molecule has 0 amide bonds. The zero-order chi connectivity index (χ0) is 14.8. The van der Waals surface area contributed by atoms with Crippen molar-refractivity contribution < 1.29 is 5.11 Å². The highest BCUT2D eigenvalue weighted by molar-refractivity contribution is 9.10. The Morgan fingerprint density at radius 3 is 2.62 bits per heavy atom. The number of aromatic hydroxyl groups is 1. The van der Waals surface area contributed by atoms with E-state index in [2.05, 4.69) is 25.9 Å². The Bertz CT molecular complexity index is 811. The number of benzene rings is 1. The van der Waals surface area contributed by atoms with Gasteiger partial charge in [-0.3, -0.25) is 4.79 Å². The van der Waals surface area contributed by atoms with Gasteiger partial charge in [-0.05, 0) is 29.1 Å². The zero-order valence-electron chi connectivity index (χ0n) is 10.8. The van der Waals surface area contributed by atoms with Crippen molar-refractivity contribution in [1.29, 1.82) is 0 Å². The Morgan fingerprint density at radius 1 is 1.24 bits per heavy atom. The second-order valence-electron chi connectivity index (χ2n) is 4.47. The van der Waals surface area contributed by atoms with Crippen LogP contribution in [-0.2, 0) is 6.42 Å². The van der Waals surface area contributed by atoms with Crippen LogP contribution >= 0.6 is 27.3 Å². The molecular weight excluding hydrogens is 352 g/mol. The normalized spacial score (nSPS) is 10.7. The van der Waals surface area contributed by atoms with E-state index in [0.717, 1.165) is 9.35 Å². The summed E-state index contributed by atoms with van der Waals surface area (Å²) < 4.78 is 0.907. The lowest BCUT2D eigenvalue weighted by atomic mass is 10.1. The Morgan fingerprint density at radius 2 is 2.00 bits per heavy atom. The molecule has 4 nitrogen and oxygen atoms in total. The van der Waals surface area contributed by atoms with Gasteiger partial charge in [0.25, 0.3) is 5.56 Å². The van der Waals surface area contributed by atoms with Gasteiger partial charge in [0.15, 0.2) is 0 Å². The van der Waals surface area contributed by atoms with Crippen LogP contribution in [0.5, 0.6) is 5.88 Å². The summed E-state index contributed by atoms with van der Waals surface area (Å²) in [5.41, 5.74) is 0.487. The highest BCUT2D eigenvalue weighted by Crippen LogP contribution is 2.25. The van der Waals surface area contributed by atoms with Crippen LogP contribution in [-0.4, -0.2) is 15.1 Å². The topological polar surface area (TPSA) is 66.0 Å². The first-order valence-electron chi connectivity index (χ1n) is 6.24. The van der Waals surface area contributed by atoms with Crippen molar-refractivity contribution in [2.75, 3.05) is 0 Å². The number of hydrogen-bond acceptors (Lipinski definition) is 4. The van der Waals surface area contributed by atoms with Crippen LogP contribution in [0.4, 0.5) is 0 Å². The van der Waals surface area contributed by atoms with Crippen LogP contribution in [0.3, 0.4) is 0 Å². The van der Waals surface area contributed by atoms with Gasteiger partial charge in [-0.2, -0.15) is 4.98 Å². The number of aromatic amines is 1. The number of thiophene rings is 1. The van der Waals surface area contributed by atoms with Gasteiger partial charge in [0, 0.05) is 15.8 Å². The molecule has 1 aromatic carbocycles. The number of hydrogen-bond donors (Lipinski definition) is 2. The van der Waals surface area contributed by atoms with E-state index in [1.54, 1.807) is 23.5 Å². The number of aromatic nitrogens is 2. The molecule has 0 fully saturated rings. The zero-order valence-corrected chi connectivity index (χ0v) is 13.2. The summed E-state index contributed by atoms with van der Waals surface area (Å²) in [4.78, 5) is 20.1. The van der Waals surface area contributed by atoms with Gasteiger partial charge in [0.1, 0.15) is 11.4 Å². The largest absolute Gasteiger partial charge is 0.493 e. The number of rotatable bonds is 3. The second-order valence-corrected chi connectivity index (χ2v) is 6.42. The summed E-state index contributed by atoms with van der Waals surface area (Å²) in [5.74, 6) is 0.216. The van der Waals surface area contributed by atoms with Crippen LogP contribution in [0.15, 0.2) is 51.0 Å². The average molecular weight is 363 g/mol. The van der Waals surface area contributed by atoms with Crippen molar-refractivity contribution in [3.8, 4) is 17.0 Å². The minimum atomic E-state index is -0.337. The Labute approximate surface area is 133 Å². The molecule has 2 heterocycles.